The molecule has 21 heavy (non-hydrogen) atoms. The molecule has 1 aromatic heterocycles. The van der Waals surface area contributed by atoms with Gasteiger partial charge in [0.15, 0.2) is 5.69 Å². The number of carbonyl (C=O) groups is 1. The molecule has 3 rings (SSSR count). The first-order valence-electron chi connectivity index (χ1n) is 7.07. The quantitative estimate of drug-likeness (QED) is 0.930. The molecule has 0 radical (unpaired) electrons. The van der Waals surface area contributed by atoms with E-state index in [1.54, 1.807) is 5.38 Å². The van der Waals surface area contributed by atoms with Crippen LogP contribution in [0.5, 0.6) is 0 Å². The second kappa shape index (κ2) is 6.54. The molecule has 1 aliphatic carbocycles. The second-order valence-electron chi connectivity index (χ2n) is 5.34. The number of halogens is 1. The molecule has 1 aromatic carbocycles. The van der Waals surface area contributed by atoms with Gasteiger partial charge in [-0.15, -0.1) is 5.10 Å². The third kappa shape index (κ3) is 3.41. The summed E-state index contributed by atoms with van der Waals surface area (Å²) < 4.78 is 3.75. The van der Waals surface area contributed by atoms with E-state index in [4.69, 9.17) is 11.6 Å². The number of rotatable bonds is 4. The maximum absolute atomic E-state index is 12.3. The Morgan fingerprint density at radius 1 is 1.29 bits per heavy atom. The van der Waals surface area contributed by atoms with Crippen LogP contribution in [0.1, 0.15) is 47.8 Å². The van der Waals surface area contributed by atoms with Crippen LogP contribution in [-0.4, -0.2) is 15.5 Å². The van der Waals surface area contributed by atoms with E-state index in [9.17, 15) is 4.79 Å². The summed E-state index contributed by atoms with van der Waals surface area (Å²) in [7, 11) is 0. The van der Waals surface area contributed by atoms with E-state index in [2.05, 4.69) is 14.9 Å². The Hall–Kier alpha value is -1.46. The van der Waals surface area contributed by atoms with E-state index in [1.807, 2.05) is 24.3 Å². The van der Waals surface area contributed by atoms with Crippen molar-refractivity contribution in [2.24, 2.45) is 5.92 Å². The highest BCUT2D eigenvalue weighted by atomic mass is 35.5. The van der Waals surface area contributed by atoms with Gasteiger partial charge < -0.3 is 5.32 Å². The molecule has 110 valence electrons. The summed E-state index contributed by atoms with van der Waals surface area (Å²) in [5.74, 6) is 0.317. The molecule has 0 saturated heterocycles. The summed E-state index contributed by atoms with van der Waals surface area (Å²) in [6, 6.07) is 7.74. The molecule has 1 saturated carbocycles. The number of aromatic nitrogens is 2. The van der Waals surface area contributed by atoms with Crippen LogP contribution >= 0.6 is 23.1 Å². The van der Waals surface area contributed by atoms with Crippen molar-refractivity contribution >= 4 is 29.0 Å². The fraction of sp³-hybridized carbons (Fsp3) is 0.400. The van der Waals surface area contributed by atoms with Crippen LogP contribution in [-0.2, 0) is 0 Å². The monoisotopic (exact) mass is 321 g/mol. The lowest BCUT2D eigenvalue weighted by Crippen LogP contribution is -2.33. The smallest absolute Gasteiger partial charge is 0.273 e. The van der Waals surface area contributed by atoms with Gasteiger partial charge in [-0.3, -0.25) is 4.79 Å². The van der Waals surface area contributed by atoms with Crippen LogP contribution in [0.15, 0.2) is 29.6 Å². The molecule has 2 aromatic rings. The van der Waals surface area contributed by atoms with E-state index in [0.29, 0.717) is 16.6 Å². The maximum Gasteiger partial charge on any atom is 0.273 e. The lowest BCUT2D eigenvalue weighted by Gasteiger charge is -2.25. The Labute approximate surface area is 132 Å². The minimum Gasteiger partial charge on any atom is -0.344 e. The molecular weight excluding hydrogens is 306 g/mol. The van der Waals surface area contributed by atoms with Crippen LogP contribution < -0.4 is 5.32 Å². The van der Waals surface area contributed by atoms with E-state index < -0.39 is 0 Å². The van der Waals surface area contributed by atoms with Crippen molar-refractivity contribution < 1.29 is 4.79 Å². The van der Waals surface area contributed by atoms with E-state index in [1.165, 1.54) is 24.4 Å². The highest BCUT2D eigenvalue weighted by Crippen LogP contribution is 2.36. The van der Waals surface area contributed by atoms with Crippen LogP contribution in [0.3, 0.4) is 0 Å². The predicted octanol–water partition coefficient (Wildman–Crippen LogP) is 3.85. The molecule has 1 amide bonds. The summed E-state index contributed by atoms with van der Waals surface area (Å²) in [6.45, 7) is 0. The minimum absolute atomic E-state index is 0.0129. The number of nitrogens with one attached hydrogen (secondary N) is 1. The zero-order chi connectivity index (χ0) is 14.7. The fourth-order valence-electron chi connectivity index (χ4n) is 2.91. The van der Waals surface area contributed by atoms with E-state index >= 15 is 0 Å². The maximum atomic E-state index is 12.3. The van der Waals surface area contributed by atoms with Gasteiger partial charge in [-0.2, -0.15) is 0 Å². The van der Waals surface area contributed by atoms with Gasteiger partial charge in [-0.25, -0.2) is 0 Å². The zero-order valence-corrected chi connectivity index (χ0v) is 13.0. The van der Waals surface area contributed by atoms with Gasteiger partial charge in [0.05, 0.1) is 6.04 Å². The number of hydrogen-bond donors (Lipinski definition) is 1. The lowest BCUT2D eigenvalue weighted by atomic mass is 9.91. The van der Waals surface area contributed by atoms with Crippen molar-refractivity contribution in [2.75, 3.05) is 0 Å². The Kier molecular flexibility index (Phi) is 4.51. The topological polar surface area (TPSA) is 54.9 Å². The molecule has 1 heterocycles. The van der Waals surface area contributed by atoms with Crippen molar-refractivity contribution in [3.63, 3.8) is 0 Å². The Morgan fingerprint density at radius 3 is 2.62 bits per heavy atom. The second-order valence-corrected chi connectivity index (χ2v) is 6.38. The van der Waals surface area contributed by atoms with Crippen LogP contribution in [0.25, 0.3) is 0 Å². The Morgan fingerprint density at radius 2 is 2.00 bits per heavy atom. The predicted molar refractivity (Wildman–Crippen MR) is 83.5 cm³/mol. The van der Waals surface area contributed by atoms with Gasteiger partial charge in [0.2, 0.25) is 0 Å². The van der Waals surface area contributed by atoms with Crippen molar-refractivity contribution in [1.82, 2.24) is 14.9 Å². The average molecular weight is 322 g/mol. The van der Waals surface area contributed by atoms with Gasteiger partial charge in [0, 0.05) is 10.4 Å². The van der Waals surface area contributed by atoms with Crippen LogP contribution in [0.2, 0.25) is 5.02 Å². The third-order valence-electron chi connectivity index (χ3n) is 3.98. The van der Waals surface area contributed by atoms with Crippen molar-refractivity contribution in [2.45, 2.75) is 31.7 Å². The first kappa shape index (κ1) is 14.5. The van der Waals surface area contributed by atoms with Gasteiger partial charge >= 0.3 is 0 Å². The molecule has 1 atom stereocenters. The summed E-state index contributed by atoms with van der Waals surface area (Å²) in [5.41, 5.74) is 1.49. The lowest BCUT2D eigenvalue weighted by molar-refractivity contribution is 0.0916. The van der Waals surface area contributed by atoms with E-state index in [0.717, 1.165) is 18.4 Å². The summed E-state index contributed by atoms with van der Waals surface area (Å²) in [5, 5.41) is 9.34. The summed E-state index contributed by atoms with van der Waals surface area (Å²) >= 11 is 7.14. The molecule has 1 fully saturated rings. The third-order valence-corrected chi connectivity index (χ3v) is 4.74. The SMILES string of the molecule is O=C(NC(c1ccc(Cl)cc1)C1CCCC1)c1csnn1. The number of nitrogens with zero attached hydrogens (tertiary/aromatic N) is 2. The molecule has 0 aliphatic heterocycles. The molecule has 0 spiro atoms. The normalized spacial score (nSPS) is 16.8. The minimum atomic E-state index is -0.157. The van der Waals surface area contributed by atoms with Gasteiger partial charge in [-0.05, 0) is 48.0 Å². The molecule has 4 nitrogen and oxygen atoms in total. The molecule has 1 aliphatic rings. The van der Waals surface area contributed by atoms with Crippen molar-refractivity contribution in [1.29, 1.82) is 0 Å². The Balaban J connectivity index is 1.82. The van der Waals surface area contributed by atoms with Gasteiger partial charge in [0.1, 0.15) is 0 Å². The fourth-order valence-corrected chi connectivity index (χ4v) is 3.48. The highest BCUT2D eigenvalue weighted by molar-refractivity contribution is 7.03. The standard InChI is InChI=1S/C15H16ClN3OS/c16-12-7-5-11(6-8-12)14(10-3-1-2-4-10)17-15(20)13-9-21-19-18-13/h5-10,14H,1-4H2,(H,17,20). The molecule has 6 heteroatoms. The zero-order valence-electron chi connectivity index (χ0n) is 11.5. The summed E-state index contributed by atoms with van der Waals surface area (Å²) in [4.78, 5) is 12.3. The van der Waals surface area contributed by atoms with Crippen molar-refractivity contribution in [3.8, 4) is 0 Å². The highest BCUT2D eigenvalue weighted by Gasteiger charge is 2.28. The number of hydrogen-bond acceptors (Lipinski definition) is 4. The average Bonchev–Trinajstić information content (AvgIpc) is 3.19. The largest absolute Gasteiger partial charge is 0.344 e. The van der Waals surface area contributed by atoms with Crippen LogP contribution in [0.4, 0.5) is 0 Å². The number of amides is 1. The molecule has 1 N–H and O–H groups in total. The molecular formula is C15H16ClN3OS. The van der Waals surface area contributed by atoms with Gasteiger partial charge in [0.25, 0.3) is 5.91 Å². The van der Waals surface area contributed by atoms with Crippen molar-refractivity contribution in [3.05, 3.63) is 45.9 Å². The first-order chi connectivity index (χ1) is 10.2. The van der Waals surface area contributed by atoms with E-state index in [-0.39, 0.29) is 11.9 Å². The first-order valence-corrected chi connectivity index (χ1v) is 8.29. The van der Waals surface area contributed by atoms with Gasteiger partial charge in [-0.1, -0.05) is 41.1 Å². The molecule has 1 unspecified atom stereocenters. The summed E-state index contributed by atoms with van der Waals surface area (Å²) in [6.07, 6.45) is 4.73. The number of carbonyl (C=O) groups excluding carboxylic acids is 1. The Bertz CT molecular complexity index is 594. The molecule has 0 bridgehead atoms. The van der Waals surface area contributed by atoms with Crippen LogP contribution in [0, 0.1) is 5.92 Å². The number of benzene rings is 1.